The van der Waals surface area contributed by atoms with Gasteiger partial charge in [0.1, 0.15) is 0 Å². The van der Waals surface area contributed by atoms with Gasteiger partial charge in [-0.25, -0.2) is 0 Å². The lowest BCUT2D eigenvalue weighted by molar-refractivity contribution is 0.0950. The molecule has 0 fully saturated rings. The Kier molecular flexibility index (Phi) is 5.03. The molecule has 0 spiro atoms. The maximum absolute atomic E-state index is 12.3. The van der Waals surface area contributed by atoms with Crippen LogP contribution >= 0.6 is 11.6 Å². The molecule has 0 unspecified atom stereocenters. The molecule has 0 aliphatic carbocycles. The molecule has 2 aromatic heterocycles. The first-order chi connectivity index (χ1) is 11.7. The Balaban J connectivity index is 1.65. The Bertz CT molecular complexity index is 822. The van der Waals surface area contributed by atoms with Crippen molar-refractivity contribution in [2.45, 2.75) is 6.54 Å². The first-order valence-electron chi connectivity index (χ1n) is 7.35. The summed E-state index contributed by atoms with van der Waals surface area (Å²) in [6.07, 6.45) is 6.61. The van der Waals surface area contributed by atoms with Gasteiger partial charge in [-0.2, -0.15) is 0 Å². The highest BCUT2D eigenvalue weighted by Crippen LogP contribution is 2.19. The molecule has 3 aromatic rings. The van der Waals surface area contributed by atoms with Crippen molar-refractivity contribution in [3.8, 4) is 0 Å². The topological polar surface area (TPSA) is 66.9 Å². The zero-order valence-corrected chi connectivity index (χ0v) is 13.5. The van der Waals surface area contributed by atoms with Gasteiger partial charge in [-0.1, -0.05) is 17.7 Å². The van der Waals surface area contributed by atoms with Gasteiger partial charge < -0.3 is 10.6 Å². The molecule has 0 aliphatic rings. The van der Waals surface area contributed by atoms with E-state index in [4.69, 9.17) is 11.6 Å². The summed E-state index contributed by atoms with van der Waals surface area (Å²) < 4.78 is 0. The summed E-state index contributed by atoms with van der Waals surface area (Å²) in [5.74, 6) is -0.189. The summed E-state index contributed by atoms with van der Waals surface area (Å²) in [4.78, 5) is 20.4. The summed E-state index contributed by atoms with van der Waals surface area (Å²) >= 11 is 5.87. The number of amides is 1. The number of pyridine rings is 2. The quantitative estimate of drug-likeness (QED) is 0.742. The van der Waals surface area contributed by atoms with Gasteiger partial charge in [-0.15, -0.1) is 0 Å². The fourth-order valence-corrected chi connectivity index (χ4v) is 2.25. The minimum absolute atomic E-state index is 0.189. The van der Waals surface area contributed by atoms with E-state index in [0.29, 0.717) is 17.1 Å². The van der Waals surface area contributed by atoms with Crippen LogP contribution in [0.2, 0.25) is 5.02 Å². The molecule has 0 bridgehead atoms. The van der Waals surface area contributed by atoms with E-state index in [1.807, 2.05) is 24.3 Å². The highest BCUT2D eigenvalue weighted by atomic mass is 35.5. The zero-order valence-electron chi connectivity index (χ0n) is 12.7. The molecule has 6 heteroatoms. The van der Waals surface area contributed by atoms with Crippen molar-refractivity contribution in [1.82, 2.24) is 15.3 Å². The molecule has 0 atom stereocenters. The second kappa shape index (κ2) is 7.57. The molecule has 3 rings (SSSR count). The van der Waals surface area contributed by atoms with Gasteiger partial charge in [-0.3, -0.25) is 14.8 Å². The molecule has 0 saturated carbocycles. The van der Waals surface area contributed by atoms with E-state index in [2.05, 4.69) is 20.6 Å². The molecule has 2 N–H and O–H groups in total. The van der Waals surface area contributed by atoms with Crippen molar-refractivity contribution in [3.05, 3.63) is 83.4 Å². The van der Waals surface area contributed by atoms with Crippen molar-refractivity contribution in [2.24, 2.45) is 0 Å². The second-order valence-corrected chi connectivity index (χ2v) is 5.57. The van der Waals surface area contributed by atoms with Crippen LogP contribution in [0.5, 0.6) is 0 Å². The molecular weight excluding hydrogens is 324 g/mol. The van der Waals surface area contributed by atoms with Crippen LogP contribution in [0, 0.1) is 0 Å². The monoisotopic (exact) mass is 338 g/mol. The number of carbonyl (C=O) groups excluding carboxylic acids is 1. The molecule has 0 radical (unpaired) electrons. The van der Waals surface area contributed by atoms with E-state index in [1.54, 1.807) is 36.8 Å². The molecule has 1 aromatic carbocycles. The number of rotatable bonds is 5. The third kappa shape index (κ3) is 4.30. The third-order valence-electron chi connectivity index (χ3n) is 3.31. The van der Waals surface area contributed by atoms with E-state index in [-0.39, 0.29) is 5.91 Å². The molecule has 0 aliphatic heterocycles. The van der Waals surface area contributed by atoms with Crippen molar-refractivity contribution < 1.29 is 4.79 Å². The second-order valence-electron chi connectivity index (χ2n) is 5.14. The first-order valence-corrected chi connectivity index (χ1v) is 7.73. The highest BCUT2D eigenvalue weighted by Gasteiger charge is 2.07. The predicted octanol–water partition coefficient (Wildman–Crippen LogP) is 3.80. The van der Waals surface area contributed by atoms with Gasteiger partial charge in [-0.05, 0) is 42.0 Å². The fourth-order valence-electron chi connectivity index (χ4n) is 2.12. The van der Waals surface area contributed by atoms with Crippen molar-refractivity contribution in [3.63, 3.8) is 0 Å². The van der Waals surface area contributed by atoms with Crippen LogP contribution in [-0.4, -0.2) is 15.9 Å². The average Bonchev–Trinajstić information content (AvgIpc) is 2.63. The largest absolute Gasteiger partial charge is 0.354 e. The number of carbonyl (C=O) groups is 1. The van der Waals surface area contributed by atoms with Gasteiger partial charge >= 0.3 is 0 Å². The first kappa shape index (κ1) is 16.0. The Hall–Kier alpha value is -2.92. The average molecular weight is 339 g/mol. The lowest BCUT2D eigenvalue weighted by Gasteiger charge is -2.09. The van der Waals surface area contributed by atoms with Crippen LogP contribution < -0.4 is 10.6 Å². The smallest absolute Gasteiger partial charge is 0.253 e. The summed E-state index contributed by atoms with van der Waals surface area (Å²) in [6.45, 7) is 0.418. The SMILES string of the molecule is O=C(NCc1cccnc1)c1cncc(Nc2ccc(Cl)cc2)c1. The van der Waals surface area contributed by atoms with Gasteiger partial charge in [0, 0.05) is 35.8 Å². The van der Waals surface area contributed by atoms with E-state index >= 15 is 0 Å². The fraction of sp³-hybridized carbons (Fsp3) is 0.0556. The number of halogens is 1. The molecule has 5 nitrogen and oxygen atoms in total. The van der Waals surface area contributed by atoms with E-state index in [9.17, 15) is 4.79 Å². The third-order valence-corrected chi connectivity index (χ3v) is 3.56. The molecule has 24 heavy (non-hydrogen) atoms. The van der Waals surface area contributed by atoms with Crippen molar-refractivity contribution in [1.29, 1.82) is 0 Å². The number of benzene rings is 1. The van der Waals surface area contributed by atoms with Gasteiger partial charge in [0.05, 0.1) is 17.4 Å². The van der Waals surface area contributed by atoms with Crippen LogP contribution in [0.1, 0.15) is 15.9 Å². The Labute approximate surface area is 144 Å². The van der Waals surface area contributed by atoms with Crippen molar-refractivity contribution in [2.75, 3.05) is 5.32 Å². The molecule has 2 heterocycles. The molecule has 1 amide bonds. The Morgan fingerprint density at radius 2 is 1.83 bits per heavy atom. The maximum Gasteiger partial charge on any atom is 0.253 e. The Morgan fingerprint density at radius 1 is 1.00 bits per heavy atom. The van der Waals surface area contributed by atoms with E-state index in [0.717, 1.165) is 16.9 Å². The van der Waals surface area contributed by atoms with Gasteiger partial charge in [0.2, 0.25) is 0 Å². The minimum Gasteiger partial charge on any atom is -0.354 e. The van der Waals surface area contributed by atoms with Crippen LogP contribution in [0.25, 0.3) is 0 Å². The lowest BCUT2D eigenvalue weighted by Crippen LogP contribution is -2.23. The van der Waals surface area contributed by atoms with Crippen LogP contribution in [0.3, 0.4) is 0 Å². The summed E-state index contributed by atoms with van der Waals surface area (Å²) in [5.41, 5.74) is 3.02. The number of anilines is 2. The van der Waals surface area contributed by atoms with Crippen LogP contribution in [0.15, 0.2) is 67.3 Å². The highest BCUT2D eigenvalue weighted by molar-refractivity contribution is 6.30. The van der Waals surface area contributed by atoms with Gasteiger partial charge in [0.25, 0.3) is 5.91 Å². The number of aromatic nitrogens is 2. The Morgan fingerprint density at radius 3 is 2.58 bits per heavy atom. The zero-order chi connectivity index (χ0) is 16.8. The van der Waals surface area contributed by atoms with E-state index in [1.165, 1.54) is 6.20 Å². The van der Waals surface area contributed by atoms with Crippen LogP contribution in [-0.2, 0) is 6.54 Å². The van der Waals surface area contributed by atoms with Crippen molar-refractivity contribution >= 4 is 28.9 Å². The number of hydrogen-bond donors (Lipinski definition) is 2. The normalized spacial score (nSPS) is 10.2. The lowest BCUT2D eigenvalue weighted by atomic mass is 10.2. The minimum atomic E-state index is -0.189. The molecule has 120 valence electrons. The number of nitrogens with zero attached hydrogens (tertiary/aromatic N) is 2. The standard InChI is InChI=1S/C18H15ClN4O/c19-15-3-5-16(6-4-15)23-17-8-14(11-21-12-17)18(24)22-10-13-2-1-7-20-9-13/h1-9,11-12,23H,10H2,(H,22,24). The summed E-state index contributed by atoms with van der Waals surface area (Å²) in [6, 6.07) is 12.8. The number of nitrogens with one attached hydrogen (secondary N) is 2. The maximum atomic E-state index is 12.3. The molecular formula is C18H15ClN4O. The summed E-state index contributed by atoms with van der Waals surface area (Å²) in [5, 5.41) is 6.71. The van der Waals surface area contributed by atoms with Crippen LogP contribution in [0.4, 0.5) is 11.4 Å². The summed E-state index contributed by atoms with van der Waals surface area (Å²) in [7, 11) is 0. The predicted molar refractivity (Wildman–Crippen MR) is 94.4 cm³/mol. The molecule has 0 saturated heterocycles. The number of hydrogen-bond acceptors (Lipinski definition) is 4. The van der Waals surface area contributed by atoms with Gasteiger partial charge in [0.15, 0.2) is 0 Å². The van der Waals surface area contributed by atoms with E-state index < -0.39 is 0 Å².